The number of allylic oxidation sites excluding steroid dienone is 28. The lowest BCUT2D eigenvalue weighted by atomic mass is 10.0. The third kappa shape index (κ3) is 64.5. The zero-order chi connectivity index (χ0) is 59.8. The Kier molecular flexibility index (Phi) is 57.5. The molecular formula is C72H117NO8P+. The van der Waals surface area contributed by atoms with E-state index < -0.39 is 32.5 Å². The minimum absolute atomic E-state index is 0.0156. The van der Waals surface area contributed by atoms with Crippen molar-refractivity contribution >= 4 is 19.8 Å². The zero-order valence-electron chi connectivity index (χ0n) is 52.4. The summed E-state index contributed by atoms with van der Waals surface area (Å²) in [6.07, 6.45) is 92.9. The molecule has 0 saturated heterocycles. The van der Waals surface area contributed by atoms with Gasteiger partial charge in [0.15, 0.2) is 6.10 Å². The van der Waals surface area contributed by atoms with Crippen molar-refractivity contribution in [1.82, 2.24) is 0 Å². The summed E-state index contributed by atoms with van der Waals surface area (Å²) in [5.74, 6) is -0.852. The molecule has 0 rings (SSSR count). The molecule has 9 nitrogen and oxygen atoms in total. The van der Waals surface area contributed by atoms with E-state index in [4.69, 9.17) is 18.5 Å². The van der Waals surface area contributed by atoms with Crippen LogP contribution in [0.4, 0.5) is 0 Å². The number of phosphoric acid groups is 1. The maximum Gasteiger partial charge on any atom is 0.472 e. The van der Waals surface area contributed by atoms with Crippen LogP contribution in [0.3, 0.4) is 0 Å². The van der Waals surface area contributed by atoms with Gasteiger partial charge in [0, 0.05) is 12.8 Å². The molecule has 0 spiro atoms. The molecule has 0 aromatic heterocycles. The van der Waals surface area contributed by atoms with Crippen LogP contribution >= 0.6 is 7.82 Å². The largest absolute Gasteiger partial charge is 0.472 e. The van der Waals surface area contributed by atoms with Gasteiger partial charge in [0.25, 0.3) is 0 Å². The monoisotopic (exact) mass is 1150 g/mol. The summed E-state index contributed by atoms with van der Waals surface area (Å²) in [5.41, 5.74) is 0. The number of nitrogens with zero attached hydrogens (tertiary/aromatic N) is 1. The smallest absolute Gasteiger partial charge is 0.462 e. The van der Waals surface area contributed by atoms with Crippen molar-refractivity contribution in [2.45, 2.75) is 225 Å². The highest BCUT2D eigenvalue weighted by molar-refractivity contribution is 7.47. The Bertz CT molecular complexity index is 1990. The van der Waals surface area contributed by atoms with Crippen LogP contribution in [0, 0.1) is 0 Å². The standard InChI is InChI=1S/C72H116NO8P/c1-6-8-10-12-14-16-18-20-22-24-26-28-30-32-33-34-35-36-37-38-39-41-43-45-47-49-51-53-55-57-59-61-63-65-72(75)81-70(69-80-82(76,77)79-67-66-73(3,4)5)68-78-71(74)64-62-60-58-56-54-52-50-48-46-44-42-40-31-29-27-25-23-21-19-17-15-13-11-9-7-2/h8-11,14-17,20-23,26-29,32-33,35-36,38-40,42,46,48,52,54,70H,6-7,12-13,18-19,24-25,30-31,34,37,41,43-45,47,49-51,53,55-69H2,1-5H3/p+1/b10-8-,11-9-,16-14-,17-15-,22-20-,23-21-,28-26-,29-27-,33-32-,36-35-,39-38-,42-40-,48-46-,54-52-. The fraction of sp³-hybridized carbons (Fsp3) is 0.583. The van der Waals surface area contributed by atoms with Gasteiger partial charge in [0.05, 0.1) is 27.7 Å². The van der Waals surface area contributed by atoms with E-state index in [2.05, 4.69) is 184 Å². The highest BCUT2D eigenvalue weighted by atomic mass is 31.2. The predicted molar refractivity (Wildman–Crippen MR) is 353 cm³/mol. The van der Waals surface area contributed by atoms with Crippen LogP contribution in [0.5, 0.6) is 0 Å². The van der Waals surface area contributed by atoms with Crippen LogP contribution in [0.15, 0.2) is 170 Å². The fourth-order valence-electron chi connectivity index (χ4n) is 7.92. The number of esters is 2. The molecule has 0 amide bonds. The Hall–Kier alpha value is -4.63. The Morgan fingerprint density at radius 1 is 0.378 bits per heavy atom. The first-order chi connectivity index (χ1) is 40.0. The van der Waals surface area contributed by atoms with Gasteiger partial charge in [-0.25, -0.2) is 4.57 Å². The van der Waals surface area contributed by atoms with Crippen molar-refractivity contribution < 1.29 is 42.1 Å². The number of rotatable bonds is 56. The highest BCUT2D eigenvalue weighted by Gasteiger charge is 2.27. The van der Waals surface area contributed by atoms with Crippen molar-refractivity contribution in [1.29, 1.82) is 0 Å². The molecule has 0 bridgehead atoms. The summed E-state index contributed by atoms with van der Waals surface area (Å²) < 4.78 is 34.6. The number of likely N-dealkylation sites (N-methyl/N-ethyl adjacent to an activating group) is 1. The zero-order valence-corrected chi connectivity index (χ0v) is 53.3. The maximum absolute atomic E-state index is 12.9. The molecule has 0 aliphatic carbocycles. The van der Waals surface area contributed by atoms with E-state index in [-0.39, 0.29) is 26.1 Å². The molecule has 0 aromatic rings. The Balaban J connectivity index is 4.23. The van der Waals surface area contributed by atoms with Crippen molar-refractivity contribution in [2.24, 2.45) is 0 Å². The SMILES string of the molecule is CC/C=C\C/C=C\C/C=C\C/C=C\C/C=C\C/C=C\C/C=C\CCCCCCCCCCCCCC(=O)OC(COC(=O)CCCCC/C=C\C/C=C\C/C=C\C/C=C\C/C=C\C/C=C\C/C=C\CC)COP(=O)(O)OCC[N+](C)(C)C. The van der Waals surface area contributed by atoms with E-state index in [0.29, 0.717) is 23.9 Å². The lowest BCUT2D eigenvalue weighted by Crippen LogP contribution is -2.37. The van der Waals surface area contributed by atoms with E-state index in [0.717, 1.165) is 135 Å². The number of hydrogen-bond donors (Lipinski definition) is 1. The normalized spacial score (nSPS) is 14.4. The molecule has 0 fully saturated rings. The van der Waals surface area contributed by atoms with Crippen LogP contribution in [-0.4, -0.2) is 74.9 Å². The Labute approximate surface area is 502 Å². The Morgan fingerprint density at radius 2 is 0.659 bits per heavy atom. The molecule has 0 aliphatic heterocycles. The maximum atomic E-state index is 12.9. The first-order valence-electron chi connectivity index (χ1n) is 31.9. The summed E-state index contributed by atoms with van der Waals surface area (Å²) in [4.78, 5) is 35.8. The topological polar surface area (TPSA) is 108 Å². The number of carbonyl (C=O) groups is 2. The second-order valence-electron chi connectivity index (χ2n) is 21.7. The first-order valence-corrected chi connectivity index (χ1v) is 33.4. The molecule has 10 heteroatoms. The van der Waals surface area contributed by atoms with E-state index in [1.807, 2.05) is 21.1 Å². The van der Waals surface area contributed by atoms with Gasteiger partial charge in [0.2, 0.25) is 0 Å². The van der Waals surface area contributed by atoms with Gasteiger partial charge in [-0.05, 0) is 128 Å². The van der Waals surface area contributed by atoms with Gasteiger partial charge in [-0.1, -0.05) is 248 Å². The molecular weight excluding hydrogens is 1040 g/mol. The van der Waals surface area contributed by atoms with E-state index >= 15 is 0 Å². The van der Waals surface area contributed by atoms with Crippen molar-refractivity contribution in [3.8, 4) is 0 Å². The molecule has 1 N–H and O–H groups in total. The highest BCUT2D eigenvalue weighted by Crippen LogP contribution is 2.43. The third-order valence-corrected chi connectivity index (χ3v) is 13.7. The van der Waals surface area contributed by atoms with Crippen molar-refractivity contribution in [3.63, 3.8) is 0 Å². The number of phosphoric ester groups is 1. The van der Waals surface area contributed by atoms with E-state index in [9.17, 15) is 19.0 Å². The molecule has 0 saturated carbocycles. The van der Waals surface area contributed by atoms with Crippen LogP contribution in [0.2, 0.25) is 0 Å². The minimum Gasteiger partial charge on any atom is -0.462 e. The molecule has 2 unspecified atom stereocenters. The predicted octanol–water partition coefficient (Wildman–Crippen LogP) is 20.6. The quantitative estimate of drug-likeness (QED) is 0.0211. The number of quaternary nitrogens is 1. The molecule has 2 atom stereocenters. The van der Waals surface area contributed by atoms with Crippen LogP contribution < -0.4 is 0 Å². The van der Waals surface area contributed by atoms with Gasteiger partial charge in [-0.15, -0.1) is 0 Å². The van der Waals surface area contributed by atoms with Crippen molar-refractivity contribution in [2.75, 3.05) is 47.5 Å². The average Bonchev–Trinajstić information content (AvgIpc) is 3.46. The lowest BCUT2D eigenvalue weighted by Gasteiger charge is -2.24. The van der Waals surface area contributed by atoms with Crippen molar-refractivity contribution in [3.05, 3.63) is 170 Å². The average molecular weight is 1160 g/mol. The van der Waals surface area contributed by atoms with E-state index in [1.54, 1.807) is 0 Å². The summed E-state index contributed by atoms with van der Waals surface area (Å²) in [5, 5.41) is 0. The minimum atomic E-state index is -4.41. The van der Waals surface area contributed by atoms with Gasteiger partial charge in [-0.3, -0.25) is 18.6 Å². The third-order valence-electron chi connectivity index (χ3n) is 12.7. The number of unbranched alkanes of at least 4 members (excludes halogenated alkanes) is 14. The molecule has 462 valence electrons. The van der Waals surface area contributed by atoms with Crippen LogP contribution in [0.1, 0.15) is 219 Å². The summed E-state index contributed by atoms with van der Waals surface area (Å²) in [6.45, 7) is 4.14. The number of ether oxygens (including phenoxy) is 2. The summed E-state index contributed by atoms with van der Waals surface area (Å²) in [7, 11) is 1.43. The lowest BCUT2D eigenvalue weighted by molar-refractivity contribution is -0.870. The second-order valence-corrected chi connectivity index (χ2v) is 23.1. The van der Waals surface area contributed by atoms with Gasteiger partial charge in [0.1, 0.15) is 19.8 Å². The first kappa shape index (κ1) is 77.4. The van der Waals surface area contributed by atoms with Gasteiger partial charge < -0.3 is 18.9 Å². The molecule has 0 radical (unpaired) electrons. The second kappa shape index (κ2) is 60.9. The molecule has 0 heterocycles. The van der Waals surface area contributed by atoms with Crippen LogP contribution in [-0.2, 0) is 32.7 Å². The number of carbonyl (C=O) groups excluding carboxylic acids is 2. The molecule has 0 aliphatic rings. The number of hydrogen-bond acceptors (Lipinski definition) is 7. The Morgan fingerprint density at radius 3 is 0.988 bits per heavy atom. The fourth-order valence-corrected chi connectivity index (χ4v) is 8.66. The van der Waals surface area contributed by atoms with Crippen LogP contribution in [0.25, 0.3) is 0 Å². The summed E-state index contributed by atoms with van der Waals surface area (Å²) >= 11 is 0. The van der Waals surface area contributed by atoms with E-state index in [1.165, 1.54) is 44.9 Å². The van der Waals surface area contributed by atoms with Gasteiger partial charge in [-0.2, -0.15) is 0 Å². The molecule has 82 heavy (non-hydrogen) atoms. The van der Waals surface area contributed by atoms with Gasteiger partial charge >= 0.3 is 19.8 Å². The molecule has 0 aromatic carbocycles. The summed E-state index contributed by atoms with van der Waals surface area (Å²) in [6, 6.07) is 0.